The predicted octanol–water partition coefficient (Wildman–Crippen LogP) is 3.47. The molecule has 1 aliphatic heterocycles. The van der Waals surface area contributed by atoms with Crippen molar-refractivity contribution in [2.24, 2.45) is 0 Å². The molecule has 0 spiro atoms. The van der Waals surface area contributed by atoms with E-state index in [1.54, 1.807) is 0 Å². The molecule has 0 aliphatic carbocycles. The highest BCUT2D eigenvalue weighted by Gasteiger charge is 2.19. The first-order chi connectivity index (χ1) is 9.31. The molecule has 0 N–H and O–H groups in total. The average Bonchev–Trinajstić information content (AvgIpc) is 2.57. The van der Waals surface area contributed by atoms with Gasteiger partial charge in [-0.15, -0.1) is 0 Å². The Hall–Kier alpha value is -1.80. The predicted molar refractivity (Wildman–Crippen MR) is 77.1 cm³/mol. The number of benzene rings is 2. The summed E-state index contributed by atoms with van der Waals surface area (Å²) in [6, 6.07) is 19.0. The van der Waals surface area contributed by atoms with Gasteiger partial charge in [-0.3, -0.25) is 4.90 Å². The van der Waals surface area contributed by atoms with Gasteiger partial charge in [0.1, 0.15) is 11.9 Å². The lowest BCUT2D eigenvalue weighted by Gasteiger charge is -2.21. The van der Waals surface area contributed by atoms with Crippen molar-refractivity contribution in [2.75, 3.05) is 6.54 Å². The molecule has 19 heavy (non-hydrogen) atoms. The summed E-state index contributed by atoms with van der Waals surface area (Å²) in [6.07, 6.45) is 0.229. The first-order valence-electron chi connectivity index (χ1n) is 6.82. The lowest BCUT2D eigenvalue weighted by molar-refractivity contribution is 0.156. The second kappa shape index (κ2) is 5.45. The third-order valence-electron chi connectivity index (χ3n) is 3.46. The molecule has 3 rings (SSSR count). The molecular formula is C17H19NO. The van der Waals surface area contributed by atoms with E-state index in [4.69, 9.17) is 4.74 Å². The van der Waals surface area contributed by atoms with Crippen LogP contribution in [0.2, 0.25) is 0 Å². The molecule has 1 atom stereocenters. The van der Waals surface area contributed by atoms with Crippen molar-refractivity contribution in [1.29, 1.82) is 0 Å². The van der Waals surface area contributed by atoms with Gasteiger partial charge in [-0.2, -0.15) is 0 Å². The van der Waals surface area contributed by atoms with E-state index in [0.29, 0.717) is 0 Å². The van der Waals surface area contributed by atoms with Gasteiger partial charge < -0.3 is 4.74 Å². The molecule has 0 bridgehead atoms. The fourth-order valence-electron chi connectivity index (χ4n) is 2.63. The van der Waals surface area contributed by atoms with Crippen LogP contribution in [-0.4, -0.2) is 17.5 Å². The number of nitrogens with zero attached hydrogens (tertiary/aromatic N) is 1. The molecule has 2 heteroatoms. The van der Waals surface area contributed by atoms with Crippen molar-refractivity contribution in [3.8, 4) is 5.75 Å². The second-order valence-electron chi connectivity index (χ2n) is 5.19. The summed E-state index contributed by atoms with van der Waals surface area (Å²) in [5.74, 6) is 1.03. The highest BCUT2D eigenvalue weighted by molar-refractivity contribution is 5.34. The zero-order valence-corrected chi connectivity index (χ0v) is 11.3. The number of rotatable bonds is 2. The maximum atomic E-state index is 5.98. The molecule has 0 saturated heterocycles. The van der Waals surface area contributed by atoms with Crippen molar-refractivity contribution in [3.63, 3.8) is 0 Å². The van der Waals surface area contributed by atoms with Crippen LogP contribution in [0.1, 0.15) is 18.1 Å². The monoisotopic (exact) mass is 253 g/mol. The summed E-state index contributed by atoms with van der Waals surface area (Å²) in [5, 5.41) is 0. The van der Waals surface area contributed by atoms with E-state index in [-0.39, 0.29) is 6.10 Å². The second-order valence-corrected chi connectivity index (χ2v) is 5.19. The Morgan fingerprint density at radius 3 is 2.63 bits per heavy atom. The molecule has 1 unspecified atom stereocenters. The quantitative estimate of drug-likeness (QED) is 0.812. The van der Waals surface area contributed by atoms with Crippen LogP contribution in [0.25, 0.3) is 0 Å². The molecule has 0 aromatic heterocycles. The van der Waals surface area contributed by atoms with Gasteiger partial charge in [0.25, 0.3) is 0 Å². The Morgan fingerprint density at radius 2 is 1.79 bits per heavy atom. The number of para-hydroxylation sites is 1. The third kappa shape index (κ3) is 2.96. The van der Waals surface area contributed by atoms with Crippen molar-refractivity contribution < 1.29 is 4.74 Å². The first kappa shape index (κ1) is 12.2. The van der Waals surface area contributed by atoms with Crippen LogP contribution in [0, 0.1) is 0 Å². The highest BCUT2D eigenvalue weighted by Crippen LogP contribution is 2.25. The van der Waals surface area contributed by atoms with Gasteiger partial charge in [-0.25, -0.2) is 0 Å². The van der Waals surface area contributed by atoms with Crippen molar-refractivity contribution in [3.05, 3.63) is 65.7 Å². The Labute approximate surface area is 114 Å². The number of hydrogen-bond acceptors (Lipinski definition) is 2. The molecule has 2 aromatic carbocycles. The Bertz CT molecular complexity index is 538. The number of ether oxygens (including phenoxy) is 1. The van der Waals surface area contributed by atoms with Crippen molar-refractivity contribution in [1.82, 2.24) is 4.90 Å². The summed E-state index contributed by atoms with van der Waals surface area (Å²) < 4.78 is 5.98. The van der Waals surface area contributed by atoms with E-state index >= 15 is 0 Å². The van der Waals surface area contributed by atoms with Crippen LogP contribution in [0.3, 0.4) is 0 Å². The number of fused-ring (bicyclic) bond motifs is 1. The van der Waals surface area contributed by atoms with Crippen LogP contribution in [-0.2, 0) is 13.1 Å². The topological polar surface area (TPSA) is 12.5 Å². The van der Waals surface area contributed by atoms with Gasteiger partial charge in [0.15, 0.2) is 0 Å². The Morgan fingerprint density at radius 1 is 1.05 bits per heavy atom. The summed E-state index contributed by atoms with van der Waals surface area (Å²) in [5.41, 5.74) is 2.64. The van der Waals surface area contributed by atoms with Crippen molar-refractivity contribution in [2.45, 2.75) is 26.1 Å². The summed E-state index contributed by atoms with van der Waals surface area (Å²) >= 11 is 0. The van der Waals surface area contributed by atoms with Gasteiger partial charge in [0, 0.05) is 25.2 Å². The van der Waals surface area contributed by atoms with Gasteiger partial charge >= 0.3 is 0 Å². The van der Waals surface area contributed by atoms with Crippen LogP contribution >= 0.6 is 0 Å². The third-order valence-corrected chi connectivity index (χ3v) is 3.46. The SMILES string of the molecule is CC1CN(Cc2ccccc2)Cc2ccccc2O1. The molecule has 0 amide bonds. The maximum Gasteiger partial charge on any atom is 0.124 e. The van der Waals surface area contributed by atoms with E-state index in [1.165, 1.54) is 11.1 Å². The number of hydrogen-bond donors (Lipinski definition) is 0. The maximum absolute atomic E-state index is 5.98. The van der Waals surface area contributed by atoms with Crippen LogP contribution in [0.15, 0.2) is 54.6 Å². The minimum atomic E-state index is 0.229. The van der Waals surface area contributed by atoms with E-state index in [9.17, 15) is 0 Å². The zero-order valence-electron chi connectivity index (χ0n) is 11.3. The molecule has 1 aliphatic rings. The summed E-state index contributed by atoms with van der Waals surface area (Å²) in [4.78, 5) is 2.45. The smallest absolute Gasteiger partial charge is 0.124 e. The van der Waals surface area contributed by atoms with Gasteiger partial charge in [0.05, 0.1) is 0 Å². The zero-order chi connectivity index (χ0) is 13.1. The van der Waals surface area contributed by atoms with E-state index in [2.05, 4.69) is 60.4 Å². The molecule has 1 heterocycles. The minimum absolute atomic E-state index is 0.229. The molecular weight excluding hydrogens is 234 g/mol. The molecule has 2 aromatic rings. The lowest BCUT2D eigenvalue weighted by atomic mass is 10.1. The standard InChI is InChI=1S/C17H19NO/c1-14-11-18(12-15-7-3-2-4-8-15)13-16-9-5-6-10-17(16)19-14/h2-10,14H,11-13H2,1H3. The van der Waals surface area contributed by atoms with Gasteiger partial charge in [0.2, 0.25) is 0 Å². The Balaban J connectivity index is 1.80. The fourth-order valence-corrected chi connectivity index (χ4v) is 2.63. The van der Waals surface area contributed by atoms with Crippen LogP contribution in [0.4, 0.5) is 0 Å². The van der Waals surface area contributed by atoms with Crippen molar-refractivity contribution >= 4 is 0 Å². The summed E-state index contributed by atoms with van der Waals surface area (Å²) in [7, 11) is 0. The Kier molecular flexibility index (Phi) is 3.51. The molecule has 2 nitrogen and oxygen atoms in total. The van der Waals surface area contributed by atoms with E-state index < -0.39 is 0 Å². The minimum Gasteiger partial charge on any atom is -0.489 e. The molecule has 0 radical (unpaired) electrons. The highest BCUT2D eigenvalue weighted by atomic mass is 16.5. The van der Waals surface area contributed by atoms with Crippen LogP contribution < -0.4 is 4.74 Å². The normalized spacial score (nSPS) is 19.3. The van der Waals surface area contributed by atoms with Gasteiger partial charge in [-0.1, -0.05) is 48.5 Å². The average molecular weight is 253 g/mol. The molecule has 0 saturated carbocycles. The van der Waals surface area contributed by atoms with Crippen LogP contribution in [0.5, 0.6) is 5.75 Å². The molecule has 0 fully saturated rings. The first-order valence-corrected chi connectivity index (χ1v) is 6.82. The summed E-state index contributed by atoms with van der Waals surface area (Å²) in [6.45, 7) is 5.03. The van der Waals surface area contributed by atoms with E-state index in [1.807, 2.05) is 6.07 Å². The largest absolute Gasteiger partial charge is 0.489 e. The lowest BCUT2D eigenvalue weighted by Crippen LogP contribution is -2.30. The van der Waals surface area contributed by atoms with Gasteiger partial charge in [-0.05, 0) is 18.6 Å². The van der Waals surface area contributed by atoms with E-state index in [0.717, 1.165) is 25.4 Å². The fraction of sp³-hybridized carbons (Fsp3) is 0.294. The molecule has 98 valence electrons.